The molecular formula is C7H12BrClN2O2S2. The number of sulfonamides is 1. The van der Waals surface area contributed by atoms with Crippen LogP contribution in [0.3, 0.4) is 0 Å². The van der Waals surface area contributed by atoms with Crippen molar-refractivity contribution < 1.29 is 8.42 Å². The molecule has 88 valence electrons. The van der Waals surface area contributed by atoms with Crippen molar-refractivity contribution in [3.05, 3.63) is 14.7 Å². The molecule has 0 amide bonds. The lowest BCUT2D eigenvalue weighted by atomic mass is 10.5. The average Bonchev–Trinajstić information content (AvgIpc) is 2.42. The van der Waals surface area contributed by atoms with E-state index in [-0.39, 0.29) is 19.0 Å². The topological polar surface area (TPSA) is 72.2 Å². The van der Waals surface area contributed by atoms with Gasteiger partial charge in [-0.25, -0.2) is 13.1 Å². The summed E-state index contributed by atoms with van der Waals surface area (Å²) in [6, 6.07) is 1.60. The van der Waals surface area contributed by atoms with Crippen molar-refractivity contribution in [1.82, 2.24) is 4.72 Å². The number of thiophene rings is 1. The van der Waals surface area contributed by atoms with Gasteiger partial charge in [-0.1, -0.05) is 0 Å². The summed E-state index contributed by atoms with van der Waals surface area (Å²) >= 11 is 4.64. The Kier molecular flexibility index (Phi) is 6.31. The fourth-order valence-corrected chi connectivity index (χ4v) is 4.43. The second kappa shape index (κ2) is 6.17. The first-order valence-electron chi connectivity index (χ1n) is 3.93. The van der Waals surface area contributed by atoms with Gasteiger partial charge in [-0.15, -0.1) is 23.7 Å². The lowest BCUT2D eigenvalue weighted by molar-refractivity contribution is 0.582. The van der Waals surface area contributed by atoms with Crippen LogP contribution in [0.15, 0.2) is 14.7 Å². The molecule has 0 unspecified atom stereocenters. The summed E-state index contributed by atoms with van der Waals surface area (Å²) in [6.07, 6.45) is 0. The van der Waals surface area contributed by atoms with Gasteiger partial charge in [-0.3, -0.25) is 0 Å². The maximum atomic E-state index is 11.6. The quantitative estimate of drug-likeness (QED) is 0.875. The van der Waals surface area contributed by atoms with E-state index in [0.717, 1.165) is 8.66 Å². The molecule has 15 heavy (non-hydrogen) atoms. The van der Waals surface area contributed by atoms with Crippen LogP contribution in [0.1, 0.15) is 4.88 Å². The Morgan fingerprint density at radius 1 is 1.60 bits per heavy atom. The fourth-order valence-electron chi connectivity index (χ4n) is 0.969. The number of nitrogens with one attached hydrogen (secondary N) is 1. The summed E-state index contributed by atoms with van der Waals surface area (Å²) < 4.78 is 26.5. The van der Waals surface area contributed by atoms with Crippen LogP contribution >= 0.6 is 39.7 Å². The van der Waals surface area contributed by atoms with Crippen LogP contribution in [-0.2, 0) is 10.0 Å². The largest absolute Gasteiger partial charge is 0.329 e. The SMILES string of the molecule is Cc1sc(Br)cc1S(=O)(=O)NCCN.Cl. The lowest BCUT2D eigenvalue weighted by Crippen LogP contribution is -2.29. The molecule has 1 aromatic rings. The highest BCUT2D eigenvalue weighted by molar-refractivity contribution is 9.11. The highest BCUT2D eigenvalue weighted by Crippen LogP contribution is 2.29. The van der Waals surface area contributed by atoms with E-state index in [2.05, 4.69) is 20.7 Å². The molecule has 0 aliphatic heterocycles. The van der Waals surface area contributed by atoms with Crippen LogP contribution in [0.25, 0.3) is 0 Å². The Morgan fingerprint density at radius 3 is 2.60 bits per heavy atom. The number of hydrogen-bond acceptors (Lipinski definition) is 4. The van der Waals surface area contributed by atoms with Gasteiger partial charge in [-0.2, -0.15) is 0 Å². The summed E-state index contributed by atoms with van der Waals surface area (Å²) in [4.78, 5) is 1.09. The zero-order valence-corrected chi connectivity index (χ0v) is 12.0. The predicted octanol–water partition coefficient (Wildman–Crippen LogP) is 1.48. The molecule has 0 saturated heterocycles. The van der Waals surface area contributed by atoms with Crippen LogP contribution < -0.4 is 10.5 Å². The van der Waals surface area contributed by atoms with Crippen molar-refractivity contribution in [1.29, 1.82) is 0 Å². The summed E-state index contributed by atoms with van der Waals surface area (Å²) in [5, 5.41) is 0. The van der Waals surface area contributed by atoms with Crippen LogP contribution in [-0.4, -0.2) is 21.5 Å². The third-order valence-electron chi connectivity index (χ3n) is 1.57. The van der Waals surface area contributed by atoms with E-state index in [1.54, 1.807) is 13.0 Å². The molecule has 0 radical (unpaired) electrons. The molecule has 0 fully saturated rings. The van der Waals surface area contributed by atoms with Gasteiger partial charge in [0, 0.05) is 18.0 Å². The Bertz CT molecular complexity index is 419. The lowest BCUT2D eigenvalue weighted by Gasteiger charge is -2.03. The maximum absolute atomic E-state index is 11.6. The number of hydrogen-bond donors (Lipinski definition) is 2. The molecule has 0 aromatic carbocycles. The van der Waals surface area contributed by atoms with Gasteiger partial charge in [0.15, 0.2) is 0 Å². The minimum absolute atomic E-state index is 0. The number of nitrogens with two attached hydrogens (primary N) is 1. The molecular weight excluding hydrogens is 324 g/mol. The molecule has 0 atom stereocenters. The Balaban J connectivity index is 0.00000196. The van der Waals surface area contributed by atoms with Gasteiger partial charge in [0.05, 0.1) is 8.68 Å². The van der Waals surface area contributed by atoms with Crippen LogP contribution in [0.2, 0.25) is 0 Å². The van der Waals surface area contributed by atoms with Crippen molar-refractivity contribution in [3.8, 4) is 0 Å². The Hall–Kier alpha value is 0.340. The van der Waals surface area contributed by atoms with Crippen molar-refractivity contribution in [2.75, 3.05) is 13.1 Å². The van der Waals surface area contributed by atoms with Crippen LogP contribution in [0.4, 0.5) is 0 Å². The second-order valence-electron chi connectivity index (χ2n) is 2.66. The highest BCUT2D eigenvalue weighted by Gasteiger charge is 2.18. The van der Waals surface area contributed by atoms with E-state index in [4.69, 9.17) is 5.73 Å². The third-order valence-corrected chi connectivity index (χ3v) is 4.84. The van der Waals surface area contributed by atoms with Gasteiger partial charge in [0.25, 0.3) is 0 Å². The van der Waals surface area contributed by atoms with Gasteiger partial charge >= 0.3 is 0 Å². The van der Waals surface area contributed by atoms with Gasteiger partial charge in [0.2, 0.25) is 10.0 Å². The van der Waals surface area contributed by atoms with Crippen molar-refractivity contribution in [2.24, 2.45) is 5.73 Å². The summed E-state index contributed by atoms with van der Waals surface area (Å²) in [5.41, 5.74) is 5.22. The van der Waals surface area contributed by atoms with E-state index >= 15 is 0 Å². The van der Waals surface area contributed by atoms with E-state index in [1.807, 2.05) is 0 Å². The maximum Gasteiger partial charge on any atom is 0.241 e. The molecule has 0 bridgehead atoms. The molecule has 1 aromatic heterocycles. The van der Waals surface area contributed by atoms with Crippen LogP contribution in [0.5, 0.6) is 0 Å². The summed E-state index contributed by atoms with van der Waals surface area (Å²) in [7, 11) is -3.38. The fraction of sp³-hybridized carbons (Fsp3) is 0.429. The monoisotopic (exact) mass is 334 g/mol. The molecule has 8 heteroatoms. The molecule has 1 heterocycles. The van der Waals surface area contributed by atoms with Crippen molar-refractivity contribution in [2.45, 2.75) is 11.8 Å². The summed E-state index contributed by atoms with van der Waals surface area (Å²) in [6.45, 7) is 2.32. The first kappa shape index (κ1) is 15.3. The van der Waals surface area contributed by atoms with Crippen LogP contribution in [0, 0.1) is 6.92 Å². The first-order valence-corrected chi connectivity index (χ1v) is 7.02. The Labute approximate surface area is 108 Å². The van der Waals surface area contributed by atoms with E-state index in [1.165, 1.54) is 11.3 Å². The van der Waals surface area contributed by atoms with Gasteiger partial charge < -0.3 is 5.73 Å². The van der Waals surface area contributed by atoms with Gasteiger partial charge in [-0.05, 0) is 28.9 Å². The molecule has 4 nitrogen and oxygen atoms in total. The number of rotatable bonds is 4. The number of halogens is 2. The van der Waals surface area contributed by atoms with Crippen molar-refractivity contribution in [3.63, 3.8) is 0 Å². The van der Waals surface area contributed by atoms with E-state index < -0.39 is 10.0 Å². The third kappa shape index (κ3) is 4.01. The zero-order chi connectivity index (χ0) is 10.8. The molecule has 3 N–H and O–H groups in total. The standard InChI is InChI=1S/C7H11BrN2O2S2.ClH/c1-5-6(4-7(8)13-5)14(11,12)10-3-2-9;/h4,10H,2-3,9H2,1H3;1H. The van der Waals surface area contributed by atoms with E-state index in [0.29, 0.717) is 11.4 Å². The normalized spacial score (nSPS) is 11.1. The molecule has 0 spiro atoms. The zero-order valence-electron chi connectivity index (χ0n) is 7.99. The first-order chi connectivity index (χ1) is 6.47. The minimum Gasteiger partial charge on any atom is -0.329 e. The van der Waals surface area contributed by atoms with Gasteiger partial charge in [0.1, 0.15) is 0 Å². The van der Waals surface area contributed by atoms with E-state index in [9.17, 15) is 8.42 Å². The summed E-state index contributed by atoms with van der Waals surface area (Å²) in [5.74, 6) is 0. The smallest absolute Gasteiger partial charge is 0.241 e. The second-order valence-corrected chi connectivity index (χ2v) is 7.03. The van der Waals surface area contributed by atoms with Crippen molar-refractivity contribution >= 4 is 49.7 Å². The number of aryl methyl sites for hydroxylation is 1. The molecule has 0 aliphatic carbocycles. The molecule has 0 saturated carbocycles. The predicted molar refractivity (Wildman–Crippen MR) is 68.2 cm³/mol. The average molecular weight is 336 g/mol. The molecule has 1 rings (SSSR count). The molecule has 0 aliphatic rings. The minimum atomic E-state index is -3.38. The Morgan fingerprint density at radius 2 is 2.20 bits per heavy atom. The highest BCUT2D eigenvalue weighted by atomic mass is 79.9.